The van der Waals surface area contributed by atoms with Crippen molar-refractivity contribution in [3.63, 3.8) is 0 Å². The van der Waals surface area contributed by atoms with Gasteiger partial charge in [-0.3, -0.25) is 10.1 Å². The molecule has 0 aromatic rings. The van der Waals surface area contributed by atoms with E-state index in [-0.39, 0.29) is 6.04 Å². The largest absolute Gasteiger partial charge is 0.480 e. The molecule has 15 heavy (non-hydrogen) atoms. The molecule has 0 aliphatic carbocycles. The van der Waals surface area contributed by atoms with Crippen LogP contribution in [-0.4, -0.2) is 35.9 Å². The third-order valence-electron chi connectivity index (χ3n) is 2.97. The highest BCUT2D eigenvalue weighted by Gasteiger charge is 2.34. The Hall–Kier alpha value is -0.610. The second-order valence-corrected chi connectivity index (χ2v) is 4.42. The zero-order chi connectivity index (χ0) is 11.3. The summed E-state index contributed by atoms with van der Waals surface area (Å²) in [5.74, 6) is -0.754. The van der Waals surface area contributed by atoms with Gasteiger partial charge in [-0.05, 0) is 26.2 Å². The molecule has 1 aliphatic heterocycles. The van der Waals surface area contributed by atoms with Crippen LogP contribution >= 0.6 is 0 Å². The molecule has 0 bridgehead atoms. The van der Waals surface area contributed by atoms with E-state index in [1.165, 1.54) is 0 Å². The van der Waals surface area contributed by atoms with Crippen LogP contribution < -0.4 is 5.32 Å². The highest BCUT2D eigenvalue weighted by Crippen LogP contribution is 2.17. The molecule has 0 radical (unpaired) electrons. The topological polar surface area (TPSA) is 58.6 Å². The van der Waals surface area contributed by atoms with Gasteiger partial charge < -0.3 is 9.84 Å². The van der Waals surface area contributed by atoms with Gasteiger partial charge in [-0.25, -0.2) is 0 Å². The Balaban J connectivity index is 2.52. The summed E-state index contributed by atoms with van der Waals surface area (Å²) in [5.41, 5.74) is -0.781. The summed E-state index contributed by atoms with van der Waals surface area (Å²) in [6.07, 6.45) is 3.36. The number of carboxylic acid groups (broad SMARTS) is 1. The van der Waals surface area contributed by atoms with Crippen LogP contribution in [0.1, 0.15) is 39.5 Å². The van der Waals surface area contributed by atoms with E-state index < -0.39 is 11.5 Å². The fourth-order valence-electron chi connectivity index (χ4n) is 2.03. The second-order valence-electron chi connectivity index (χ2n) is 4.42. The van der Waals surface area contributed by atoms with Crippen LogP contribution in [0.25, 0.3) is 0 Å². The number of rotatable bonds is 5. The Morgan fingerprint density at radius 2 is 2.13 bits per heavy atom. The van der Waals surface area contributed by atoms with Crippen LogP contribution in [0.15, 0.2) is 0 Å². The van der Waals surface area contributed by atoms with E-state index in [1.54, 1.807) is 6.92 Å². The average molecular weight is 215 g/mol. The van der Waals surface area contributed by atoms with Crippen molar-refractivity contribution in [3.8, 4) is 0 Å². The number of hydrogen-bond acceptors (Lipinski definition) is 3. The first kappa shape index (κ1) is 12.5. The summed E-state index contributed by atoms with van der Waals surface area (Å²) in [4.78, 5) is 11.2. The van der Waals surface area contributed by atoms with Crippen molar-refractivity contribution in [2.75, 3.05) is 13.2 Å². The Kier molecular flexibility index (Phi) is 4.54. The fraction of sp³-hybridized carbons (Fsp3) is 0.909. The number of carbonyl (C=O) groups is 1. The van der Waals surface area contributed by atoms with Crippen molar-refractivity contribution in [1.29, 1.82) is 0 Å². The van der Waals surface area contributed by atoms with Gasteiger partial charge in [0.25, 0.3) is 0 Å². The molecule has 1 saturated heterocycles. The summed E-state index contributed by atoms with van der Waals surface area (Å²) in [6.45, 7) is 5.25. The van der Waals surface area contributed by atoms with E-state index in [4.69, 9.17) is 4.74 Å². The molecule has 1 unspecified atom stereocenters. The molecule has 1 rings (SSSR count). The van der Waals surface area contributed by atoms with Crippen molar-refractivity contribution < 1.29 is 14.6 Å². The van der Waals surface area contributed by atoms with Crippen molar-refractivity contribution in [1.82, 2.24) is 5.32 Å². The predicted octanol–water partition coefficient (Wildman–Crippen LogP) is 1.40. The monoisotopic (exact) mass is 215 g/mol. The van der Waals surface area contributed by atoms with Gasteiger partial charge in [0.15, 0.2) is 0 Å². The van der Waals surface area contributed by atoms with Crippen LogP contribution in [-0.2, 0) is 9.53 Å². The molecule has 4 heteroatoms. The highest BCUT2D eigenvalue weighted by molar-refractivity contribution is 5.78. The maximum Gasteiger partial charge on any atom is 0.323 e. The standard InChI is InChI=1S/C11H21NO3/c1-3-6-11(2,10(13)14)12-9-4-7-15-8-5-9/h9,12H,3-8H2,1-2H3,(H,13,14). The Morgan fingerprint density at radius 1 is 1.53 bits per heavy atom. The molecule has 0 spiro atoms. The smallest absolute Gasteiger partial charge is 0.323 e. The normalized spacial score (nSPS) is 22.3. The van der Waals surface area contributed by atoms with Gasteiger partial charge in [0, 0.05) is 19.3 Å². The maximum absolute atomic E-state index is 11.2. The van der Waals surface area contributed by atoms with Crippen LogP contribution in [0.4, 0.5) is 0 Å². The minimum absolute atomic E-state index is 0.284. The lowest BCUT2D eigenvalue weighted by Gasteiger charge is -2.33. The summed E-state index contributed by atoms with van der Waals surface area (Å²) >= 11 is 0. The molecule has 4 nitrogen and oxygen atoms in total. The Morgan fingerprint density at radius 3 is 2.60 bits per heavy atom. The first-order valence-electron chi connectivity index (χ1n) is 5.67. The summed E-state index contributed by atoms with van der Waals surface area (Å²) < 4.78 is 5.25. The second kappa shape index (κ2) is 5.47. The maximum atomic E-state index is 11.2. The minimum atomic E-state index is -0.781. The van der Waals surface area contributed by atoms with E-state index in [1.807, 2.05) is 6.92 Å². The average Bonchev–Trinajstić information content (AvgIpc) is 2.19. The van der Waals surface area contributed by atoms with Gasteiger partial charge in [-0.1, -0.05) is 13.3 Å². The van der Waals surface area contributed by atoms with Crippen LogP contribution in [0, 0.1) is 0 Å². The minimum Gasteiger partial charge on any atom is -0.480 e. The van der Waals surface area contributed by atoms with Crippen molar-refractivity contribution >= 4 is 5.97 Å². The summed E-state index contributed by atoms with van der Waals surface area (Å²) in [7, 11) is 0. The molecule has 2 N–H and O–H groups in total. The third-order valence-corrected chi connectivity index (χ3v) is 2.97. The summed E-state index contributed by atoms with van der Waals surface area (Å²) in [6, 6.07) is 0.284. The molecular weight excluding hydrogens is 194 g/mol. The van der Waals surface area contributed by atoms with Gasteiger partial charge in [-0.2, -0.15) is 0 Å². The molecular formula is C11H21NO3. The quantitative estimate of drug-likeness (QED) is 0.727. The zero-order valence-electron chi connectivity index (χ0n) is 9.58. The molecule has 1 aliphatic rings. The number of aliphatic carboxylic acids is 1. The Bertz CT molecular complexity index is 214. The lowest BCUT2D eigenvalue weighted by molar-refractivity contribution is -0.145. The van der Waals surface area contributed by atoms with Gasteiger partial charge >= 0.3 is 5.97 Å². The van der Waals surface area contributed by atoms with Gasteiger partial charge in [-0.15, -0.1) is 0 Å². The van der Waals surface area contributed by atoms with Crippen molar-refractivity contribution in [2.45, 2.75) is 51.1 Å². The van der Waals surface area contributed by atoms with Gasteiger partial charge in [0.2, 0.25) is 0 Å². The van der Waals surface area contributed by atoms with Gasteiger partial charge in [0.1, 0.15) is 5.54 Å². The van der Waals surface area contributed by atoms with E-state index in [2.05, 4.69) is 5.32 Å². The number of carboxylic acids is 1. The molecule has 0 saturated carbocycles. The molecule has 1 atom stereocenters. The van der Waals surface area contributed by atoms with Crippen LogP contribution in [0.5, 0.6) is 0 Å². The first-order chi connectivity index (χ1) is 7.08. The van der Waals surface area contributed by atoms with Crippen LogP contribution in [0.3, 0.4) is 0 Å². The molecule has 88 valence electrons. The molecule has 0 aromatic heterocycles. The van der Waals surface area contributed by atoms with E-state index in [0.29, 0.717) is 6.42 Å². The third kappa shape index (κ3) is 3.47. The lowest BCUT2D eigenvalue weighted by atomic mass is 9.93. The first-order valence-corrected chi connectivity index (χ1v) is 5.67. The number of nitrogens with one attached hydrogen (secondary N) is 1. The zero-order valence-corrected chi connectivity index (χ0v) is 9.58. The van der Waals surface area contributed by atoms with Crippen molar-refractivity contribution in [3.05, 3.63) is 0 Å². The highest BCUT2D eigenvalue weighted by atomic mass is 16.5. The van der Waals surface area contributed by atoms with Crippen molar-refractivity contribution in [2.24, 2.45) is 0 Å². The predicted molar refractivity (Wildman–Crippen MR) is 57.9 cm³/mol. The van der Waals surface area contributed by atoms with E-state index in [9.17, 15) is 9.90 Å². The Labute approximate surface area is 91.0 Å². The molecule has 0 aromatic carbocycles. The molecule has 1 heterocycles. The lowest BCUT2D eigenvalue weighted by Crippen LogP contribution is -2.54. The number of ether oxygens (including phenoxy) is 1. The fourth-order valence-corrected chi connectivity index (χ4v) is 2.03. The van der Waals surface area contributed by atoms with Crippen LogP contribution in [0.2, 0.25) is 0 Å². The van der Waals surface area contributed by atoms with E-state index >= 15 is 0 Å². The van der Waals surface area contributed by atoms with Gasteiger partial charge in [0.05, 0.1) is 0 Å². The molecule has 1 fully saturated rings. The SMILES string of the molecule is CCCC(C)(NC1CCOCC1)C(=O)O. The summed E-state index contributed by atoms with van der Waals surface area (Å²) in [5, 5.41) is 12.5. The molecule has 0 amide bonds. The van der Waals surface area contributed by atoms with E-state index in [0.717, 1.165) is 32.5 Å². The number of hydrogen-bond donors (Lipinski definition) is 2.